The van der Waals surface area contributed by atoms with Gasteiger partial charge in [0.25, 0.3) is 0 Å². The van der Waals surface area contributed by atoms with E-state index >= 15 is 0 Å². The lowest BCUT2D eigenvalue weighted by Crippen LogP contribution is -2.41. The summed E-state index contributed by atoms with van der Waals surface area (Å²) in [4.78, 5) is 25.0. The van der Waals surface area contributed by atoms with E-state index in [1.807, 2.05) is 25.7 Å². The van der Waals surface area contributed by atoms with Crippen LogP contribution in [-0.2, 0) is 9.59 Å². The predicted molar refractivity (Wildman–Crippen MR) is 69.3 cm³/mol. The van der Waals surface area contributed by atoms with Crippen molar-refractivity contribution in [3.8, 4) is 0 Å². The maximum Gasteiger partial charge on any atom is 0.310 e. The third-order valence-electron chi connectivity index (χ3n) is 3.95. The summed E-state index contributed by atoms with van der Waals surface area (Å²) in [5.41, 5.74) is -0.656. The summed E-state index contributed by atoms with van der Waals surface area (Å²) in [5, 5.41) is 12.2. The molecule has 0 spiro atoms. The summed E-state index contributed by atoms with van der Waals surface area (Å²) in [6, 6.07) is 0.176. The number of carboxylic acid groups (broad SMARTS) is 1. The number of hydrogen-bond donors (Lipinski definition) is 2. The summed E-state index contributed by atoms with van der Waals surface area (Å²) in [5.74, 6) is -0.753. The predicted octanol–water partition coefficient (Wildman–Crippen LogP) is 1.09. The molecule has 0 aromatic rings. The maximum atomic E-state index is 11.7. The summed E-state index contributed by atoms with van der Waals surface area (Å²) in [6.07, 6.45) is 2.15. The zero-order chi connectivity index (χ0) is 13.8. The Bertz CT molecular complexity index is 319. The SMILES string of the molecule is CCC(C)NC(=O)CN1CCC(CC)(C(=O)O)C1. The van der Waals surface area contributed by atoms with Gasteiger partial charge < -0.3 is 10.4 Å². The third kappa shape index (κ3) is 3.45. The summed E-state index contributed by atoms with van der Waals surface area (Å²) in [7, 11) is 0. The van der Waals surface area contributed by atoms with Gasteiger partial charge in [-0.25, -0.2) is 0 Å². The number of likely N-dealkylation sites (tertiary alicyclic amines) is 1. The Morgan fingerprint density at radius 2 is 2.11 bits per heavy atom. The Morgan fingerprint density at radius 3 is 2.56 bits per heavy atom. The smallest absolute Gasteiger partial charge is 0.310 e. The lowest BCUT2D eigenvalue weighted by atomic mass is 9.84. The quantitative estimate of drug-likeness (QED) is 0.746. The topological polar surface area (TPSA) is 69.6 Å². The van der Waals surface area contributed by atoms with Crippen LogP contribution in [0.1, 0.15) is 40.0 Å². The monoisotopic (exact) mass is 256 g/mol. The van der Waals surface area contributed by atoms with Gasteiger partial charge in [-0.15, -0.1) is 0 Å². The van der Waals surface area contributed by atoms with E-state index in [0.717, 1.165) is 6.42 Å². The van der Waals surface area contributed by atoms with E-state index in [4.69, 9.17) is 0 Å². The van der Waals surface area contributed by atoms with E-state index in [9.17, 15) is 14.7 Å². The van der Waals surface area contributed by atoms with Gasteiger partial charge in [0.05, 0.1) is 12.0 Å². The van der Waals surface area contributed by atoms with Crippen molar-refractivity contribution in [2.75, 3.05) is 19.6 Å². The molecule has 2 unspecified atom stereocenters. The molecule has 5 nitrogen and oxygen atoms in total. The van der Waals surface area contributed by atoms with E-state index in [0.29, 0.717) is 32.5 Å². The fraction of sp³-hybridized carbons (Fsp3) is 0.846. The normalized spacial score (nSPS) is 25.9. The molecule has 1 aliphatic heterocycles. The van der Waals surface area contributed by atoms with Crippen molar-refractivity contribution in [1.82, 2.24) is 10.2 Å². The summed E-state index contributed by atoms with van der Waals surface area (Å²) >= 11 is 0. The summed E-state index contributed by atoms with van der Waals surface area (Å²) < 4.78 is 0. The average molecular weight is 256 g/mol. The Morgan fingerprint density at radius 1 is 1.44 bits per heavy atom. The lowest BCUT2D eigenvalue weighted by Gasteiger charge is -2.23. The van der Waals surface area contributed by atoms with Crippen LogP contribution in [0.5, 0.6) is 0 Å². The number of nitrogens with one attached hydrogen (secondary N) is 1. The van der Waals surface area contributed by atoms with Crippen molar-refractivity contribution in [1.29, 1.82) is 0 Å². The highest BCUT2D eigenvalue weighted by atomic mass is 16.4. The van der Waals surface area contributed by atoms with Crippen LogP contribution in [0.4, 0.5) is 0 Å². The molecule has 0 aromatic carbocycles. The van der Waals surface area contributed by atoms with Crippen molar-refractivity contribution < 1.29 is 14.7 Å². The third-order valence-corrected chi connectivity index (χ3v) is 3.95. The van der Waals surface area contributed by atoms with E-state index in [1.54, 1.807) is 0 Å². The molecule has 1 aliphatic rings. The zero-order valence-corrected chi connectivity index (χ0v) is 11.5. The summed E-state index contributed by atoms with van der Waals surface area (Å²) in [6.45, 7) is 7.36. The molecule has 1 rings (SSSR count). The second-order valence-electron chi connectivity index (χ2n) is 5.28. The Labute approximate surface area is 109 Å². The van der Waals surface area contributed by atoms with Crippen LogP contribution in [-0.4, -0.2) is 47.6 Å². The first-order valence-corrected chi connectivity index (χ1v) is 6.68. The molecule has 0 aromatic heterocycles. The van der Waals surface area contributed by atoms with Gasteiger partial charge in [0, 0.05) is 12.6 Å². The van der Waals surface area contributed by atoms with Crippen LogP contribution in [0.3, 0.4) is 0 Å². The number of carboxylic acids is 1. The van der Waals surface area contributed by atoms with E-state index in [1.165, 1.54) is 0 Å². The van der Waals surface area contributed by atoms with Gasteiger partial charge in [0.15, 0.2) is 0 Å². The van der Waals surface area contributed by atoms with Gasteiger partial charge >= 0.3 is 5.97 Å². The van der Waals surface area contributed by atoms with Gasteiger partial charge in [0.1, 0.15) is 0 Å². The second kappa shape index (κ2) is 6.18. The second-order valence-corrected chi connectivity index (χ2v) is 5.28. The van der Waals surface area contributed by atoms with Gasteiger partial charge in [-0.05, 0) is 32.7 Å². The fourth-order valence-electron chi connectivity index (χ4n) is 2.33. The van der Waals surface area contributed by atoms with Gasteiger partial charge in [0.2, 0.25) is 5.91 Å². The molecular weight excluding hydrogens is 232 g/mol. The Kier molecular flexibility index (Phi) is 5.14. The van der Waals surface area contributed by atoms with Crippen LogP contribution in [0.2, 0.25) is 0 Å². The number of rotatable bonds is 6. The van der Waals surface area contributed by atoms with E-state index < -0.39 is 11.4 Å². The first-order chi connectivity index (χ1) is 8.43. The molecule has 5 heteroatoms. The molecule has 1 heterocycles. The Balaban J connectivity index is 2.47. The van der Waals surface area contributed by atoms with Crippen molar-refractivity contribution in [2.24, 2.45) is 5.41 Å². The van der Waals surface area contributed by atoms with Crippen LogP contribution < -0.4 is 5.32 Å². The van der Waals surface area contributed by atoms with Gasteiger partial charge in [-0.2, -0.15) is 0 Å². The molecule has 2 atom stereocenters. The molecule has 0 saturated carbocycles. The molecule has 1 fully saturated rings. The number of carbonyl (C=O) groups excluding carboxylic acids is 1. The number of nitrogens with zero attached hydrogens (tertiary/aromatic N) is 1. The highest BCUT2D eigenvalue weighted by Crippen LogP contribution is 2.33. The number of aliphatic carboxylic acids is 1. The minimum absolute atomic E-state index is 0.0124. The van der Waals surface area contributed by atoms with Crippen LogP contribution >= 0.6 is 0 Å². The first-order valence-electron chi connectivity index (χ1n) is 6.68. The zero-order valence-electron chi connectivity index (χ0n) is 11.5. The molecule has 1 saturated heterocycles. The van der Waals surface area contributed by atoms with Crippen molar-refractivity contribution >= 4 is 11.9 Å². The van der Waals surface area contributed by atoms with E-state index in [2.05, 4.69) is 5.32 Å². The molecule has 2 N–H and O–H groups in total. The maximum absolute atomic E-state index is 11.7. The van der Waals surface area contributed by atoms with Crippen molar-refractivity contribution in [3.05, 3.63) is 0 Å². The average Bonchev–Trinajstić information content (AvgIpc) is 2.73. The first kappa shape index (κ1) is 15.0. The molecule has 104 valence electrons. The lowest BCUT2D eigenvalue weighted by molar-refractivity contribution is -0.148. The van der Waals surface area contributed by atoms with E-state index in [-0.39, 0.29) is 11.9 Å². The number of amides is 1. The molecule has 0 radical (unpaired) electrons. The molecule has 0 aliphatic carbocycles. The largest absolute Gasteiger partial charge is 0.481 e. The van der Waals surface area contributed by atoms with Crippen molar-refractivity contribution in [2.45, 2.75) is 46.1 Å². The Hall–Kier alpha value is -1.10. The minimum atomic E-state index is -0.741. The van der Waals surface area contributed by atoms with Crippen LogP contribution in [0.25, 0.3) is 0 Å². The van der Waals surface area contributed by atoms with Gasteiger partial charge in [-0.1, -0.05) is 13.8 Å². The minimum Gasteiger partial charge on any atom is -0.481 e. The highest BCUT2D eigenvalue weighted by molar-refractivity contribution is 5.79. The molecule has 18 heavy (non-hydrogen) atoms. The van der Waals surface area contributed by atoms with Gasteiger partial charge in [-0.3, -0.25) is 14.5 Å². The standard InChI is InChI=1S/C13H24N2O3/c1-4-10(3)14-11(16)8-15-7-6-13(5-2,9-15)12(17)18/h10H,4-9H2,1-3H3,(H,14,16)(H,17,18). The fourth-order valence-corrected chi connectivity index (χ4v) is 2.33. The number of carbonyl (C=O) groups is 2. The molecular formula is C13H24N2O3. The van der Waals surface area contributed by atoms with Crippen LogP contribution in [0, 0.1) is 5.41 Å². The highest BCUT2D eigenvalue weighted by Gasteiger charge is 2.43. The molecule has 0 bridgehead atoms. The van der Waals surface area contributed by atoms with Crippen LogP contribution in [0.15, 0.2) is 0 Å². The van der Waals surface area contributed by atoms with Crippen molar-refractivity contribution in [3.63, 3.8) is 0 Å². The number of hydrogen-bond acceptors (Lipinski definition) is 3. The molecule has 1 amide bonds.